The molecule has 1 aliphatic heterocycles. The minimum atomic E-state index is -0.112. The van der Waals surface area contributed by atoms with E-state index in [9.17, 15) is 0 Å². The van der Waals surface area contributed by atoms with Crippen molar-refractivity contribution in [1.29, 1.82) is 0 Å². The summed E-state index contributed by atoms with van der Waals surface area (Å²) in [4.78, 5) is 4.75. The molecule has 1 aliphatic rings. The van der Waals surface area contributed by atoms with E-state index in [1.54, 1.807) is 0 Å². The Hall–Kier alpha value is -1.35. The summed E-state index contributed by atoms with van der Waals surface area (Å²) in [6, 6.07) is 6.36. The fourth-order valence-electron chi connectivity index (χ4n) is 2.87. The van der Waals surface area contributed by atoms with Crippen molar-refractivity contribution in [2.75, 3.05) is 6.54 Å². The highest BCUT2D eigenvalue weighted by Crippen LogP contribution is 2.33. The molecule has 3 nitrogen and oxygen atoms in total. The Morgan fingerprint density at radius 1 is 1.25 bits per heavy atom. The Labute approximate surface area is 120 Å². The second kappa shape index (κ2) is 4.59. The number of benzene rings is 1. The Bertz CT molecular complexity index is 615. The topological polar surface area (TPSA) is 38.1 Å². The first kappa shape index (κ1) is 13.6. The highest BCUT2D eigenvalue weighted by molar-refractivity contribution is 5.74. The molecule has 1 N–H and O–H groups in total. The lowest BCUT2D eigenvalue weighted by Gasteiger charge is -2.31. The smallest absolute Gasteiger partial charge is 0.215 e. The van der Waals surface area contributed by atoms with Crippen LogP contribution in [0.4, 0.5) is 0 Å². The van der Waals surface area contributed by atoms with Crippen LogP contribution in [-0.4, -0.2) is 11.5 Å². The third-order valence-corrected chi connectivity index (χ3v) is 4.34. The standard InChI is InChI=1S/C17H24N2O/c1-16(2,3)12-7-8-14-13(11-12)19-15(20-14)17(4)9-5-6-10-18-17/h7-8,11,18H,5-6,9-10H2,1-4H3. The molecular formula is C17H24N2O. The van der Waals surface area contributed by atoms with E-state index in [1.807, 2.05) is 0 Å². The zero-order valence-corrected chi connectivity index (χ0v) is 12.9. The lowest BCUT2D eigenvalue weighted by atomic mass is 9.87. The van der Waals surface area contributed by atoms with Gasteiger partial charge in [-0.25, -0.2) is 4.98 Å². The van der Waals surface area contributed by atoms with Crippen molar-refractivity contribution in [3.63, 3.8) is 0 Å². The first-order valence-corrected chi connectivity index (χ1v) is 7.55. The van der Waals surface area contributed by atoms with E-state index >= 15 is 0 Å². The summed E-state index contributed by atoms with van der Waals surface area (Å²) in [5.74, 6) is 0.832. The van der Waals surface area contributed by atoms with Gasteiger partial charge in [0.15, 0.2) is 5.58 Å². The minimum Gasteiger partial charge on any atom is -0.439 e. The average Bonchev–Trinajstić information content (AvgIpc) is 2.82. The van der Waals surface area contributed by atoms with Gasteiger partial charge in [-0.05, 0) is 55.8 Å². The molecule has 0 saturated carbocycles. The molecule has 2 aromatic rings. The van der Waals surface area contributed by atoms with Gasteiger partial charge in [0.2, 0.25) is 5.89 Å². The van der Waals surface area contributed by atoms with Crippen LogP contribution in [0.15, 0.2) is 22.6 Å². The number of oxazole rings is 1. The van der Waals surface area contributed by atoms with Gasteiger partial charge in [-0.2, -0.15) is 0 Å². The number of piperidine rings is 1. The van der Waals surface area contributed by atoms with Gasteiger partial charge in [0.25, 0.3) is 0 Å². The van der Waals surface area contributed by atoms with Gasteiger partial charge in [-0.1, -0.05) is 26.8 Å². The summed E-state index contributed by atoms with van der Waals surface area (Å²) in [5.41, 5.74) is 3.19. The molecule has 0 bridgehead atoms. The average molecular weight is 272 g/mol. The van der Waals surface area contributed by atoms with Crippen LogP contribution in [0, 0.1) is 0 Å². The Morgan fingerprint density at radius 3 is 2.70 bits per heavy atom. The molecule has 1 atom stereocenters. The first-order chi connectivity index (χ1) is 9.38. The third kappa shape index (κ3) is 2.35. The van der Waals surface area contributed by atoms with Gasteiger partial charge in [0, 0.05) is 0 Å². The normalized spacial score (nSPS) is 24.2. The van der Waals surface area contributed by atoms with E-state index in [0.29, 0.717) is 0 Å². The molecule has 1 fully saturated rings. The van der Waals surface area contributed by atoms with Gasteiger partial charge in [0.05, 0.1) is 5.54 Å². The maximum Gasteiger partial charge on any atom is 0.215 e. The largest absolute Gasteiger partial charge is 0.439 e. The van der Waals surface area contributed by atoms with Crippen LogP contribution >= 0.6 is 0 Å². The lowest BCUT2D eigenvalue weighted by Crippen LogP contribution is -2.43. The summed E-state index contributed by atoms with van der Waals surface area (Å²) in [6.45, 7) is 9.90. The molecule has 2 heterocycles. The number of fused-ring (bicyclic) bond motifs is 1. The van der Waals surface area contributed by atoms with Crippen molar-refractivity contribution >= 4 is 11.1 Å². The maximum absolute atomic E-state index is 6.00. The van der Waals surface area contributed by atoms with E-state index in [2.05, 4.69) is 51.2 Å². The van der Waals surface area contributed by atoms with Gasteiger partial charge in [-0.3, -0.25) is 0 Å². The molecule has 0 radical (unpaired) electrons. The highest BCUT2D eigenvalue weighted by Gasteiger charge is 2.33. The molecule has 0 amide bonds. The van der Waals surface area contributed by atoms with Crippen LogP contribution in [0.3, 0.4) is 0 Å². The van der Waals surface area contributed by atoms with Crippen LogP contribution < -0.4 is 5.32 Å². The van der Waals surface area contributed by atoms with Crippen LogP contribution in [0.5, 0.6) is 0 Å². The van der Waals surface area contributed by atoms with E-state index < -0.39 is 0 Å². The molecule has 1 unspecified atom stereocenters. The number of aromatic nitrogens is 1. The molecular weight excluding hydrogens is 248 g/mol. The second-order valence-corrected chi connectivity index (χ2v) is 7.17. The molecule has 0 aliphatic carbocycles. The Balaban J connectivity index is 2.02. The zero-order valence-electron chi connectivity index (χ0n) is 12.9. The summed E-state index contributed by atoms with van der Waals surface area (Å²) in [5, 5.41) is 3.56. The summed E-state index contributed by atoms with van der Waals surface area (Å²) >= 11 is 0. The van der Waals surface area contributed by atoms with Gasteiger partial charge in [0.1, 0.15) is 5.52 Å². The molecule has 3 rings (SSSR count). The molecule has 1 saturated heterocycles. The summed E-state index contributed by atoms with van der Waals surface area (Å²) in [7, 11) is 0. The molecule has 1 aromatic heterocycles. The SMILES string of the molecule is CC(C)(C)c1ccc2oc(C3(C)CCCCN3)nc2c1. The van der Waals surface area contributed by atoms with Crippen molar-refractivity contribution < 1.29 is 4.42 Å². The quantitative estimate of drug-likeness (QED) is 0.848. The number of nitrogens with one attached hydrogen (secondary N) is 1. The summed E-state index contributed by atoms with van der Waals surface area (Å²) in [6.07, 6.45) is 3.56. The Morgan fingerprint density at radius 2 is 2.05 bits per heavy atom. The van der Waals surface area contributed by atoms with Crippen LogP contribution in [0.2, 0.25) is 0 Å². The van der Waals surface area contributed by atoms with Gasteiger partial charge < -0.3 is 9.73 Å². The fraction of sp³-hybridized carbons (Fsp3) is 0.588. The predicted octanol–water partition coefficient (Wildman–Crippen LogP) is 4.11. The molecule has 3 heteroatoms. The van der Waals surface area contributed by atoms with E-state index in [0.717, 1.165) is 30.0 Å². The van der Waals surface area contributed by atoms with Crippen molar-refractivity contribution in [1.82, 2.24) is 10.3 Å². The highest BCUT2D eigenvalue weighted by atomic mass is 16.4. The predicted molar refractivity (Wildman–Crippen MR) is 81.9 cm³/mol. The zero-order chi connectivity index (χ0) is 14.4. The minimum absolute atomic E-state index is 0.112. The van der Waals surface area contributed by atoms with Crippen molar-refractivity contribution in [3.8, 4) is 0 Å². The first-order valence-electron chi connectivity index (χ1n) is 7.55. The monoisotopic (exact) mass is 272 g/mol. The number of hydrogen-bond acceptors (Lipinski definition) is 3. The van der Waals surface area contributed by atoms with Gasteiger partial charge in [-0.15, -0.1) is 0 Å². The number of rotatable bonds is 1. The second-order valence-electron chi connectivity index (χ2n) is 7.17. The molecule has 20 heavy (non-hydrogen) atoms. The van der Waals surface area contributed by atoms with Crippen LogP contribution in [0.25, 0.3) is 11.1 Å². The van der Waals surface area contributed by atoms with Crippen molar-refractivity contribution in [3.05, 3.63) is 29.7 Å². The number of hydrogen-bond donors (Lipinski definition) is 1. The Kier molecular flexibility index (Phi) is 3.13. The molecule has 0 spiro atoms. The molecule has 108 valence electrons. The van der Waals surface area contributed by atoms with Crippen LogP contribution in [0.1, 0.15) is 58.4 Å². The fourth-order valence-corrected chi connectivity index (χ4v) is 2.87. The van der Waals surface area contributed by atoms with Crippen LogP contribution in [-0.2, 0) is 11.0 Å². The molecule has 1 aromatic carbocycles. The van der Waals surface area contributed by atoms with E-state index in [1.165, 1.54) is 18.4 Å². The van der Waals surface area contributed by atoms with E-state index in [4.69, 9.17) is 9.40 Å². The lowest BCUT2D eigenvalue weighted by molar-refractivity contribution is 0.232. The third-order valence-electron chi connectivity index (χ3n) is 4.34. The van der Waals surface area contributed by atoms with Gasteiger partial charge >= 0.3 is 0 Å². The number of nitrogens with zero attached hydrogens (tertiary/aromatic N) is 1. The maximum atomic E-state index is 6.00. The van der Waals surface area contributed by atoms with Crippen molar-refractivity contribution in [2.24, 2.45) is 0 Å². The summed E-state index contributed by atoms with van der Waals surface area (Å²) < 4.78 is 6.00. The van der Waals surface area contributed by atoms with Crippen molar-refractivity contribution in [2.45, 2.75) is 57.9 Å². The van der Waals surface area contributed by atoms with E-state index in [-0.39, 0.29) is 11.0 Å².